The topological polar surface area (TPSA) is 13.0 Å². The van der Waals surface area contributed by atoms with Crippen LogP contribution in [0.25, 0.3) is 11.1 Å². The van der Waals surface area contributed by atoms with Crippen LogP contribution in [0.4, 0.5) is 56.9 Å². The summed E-state index contributed by atoms with van der Waals surface area (Å²) in [4.78, 5) is 10.5. The summed E-state index contributed by atoms with van der Waals surface area (Å²) in [6.45, 7) is 41.4. The Hall–Kier alpha value is -8.54. The van der Waals surface area contributed by atoms with E-state index in [1.165, 1.54) is 112 Å². The van der Waals surface area contributed by atoms with Gasteiger partial charge >= 0.3 is 0 Å². The van der Waals surface area contributed by atoms with Gasteiger partial charge in [-0.05, 0) is 208 Å². The van der Waals surface area contributed by atoms with Gasteiger partial charge < -0.3 is 19.6 Å². The number of nitrogens with zero attached hydrogens (tertiary/aromatic N) is 4. The van der Waals surface area contributed by atoms with Gasteiger partial charge in [-0.2, -0.15) is 0 Å². The molecular formula is C87H95BN4. The Morgan fingerprint density at radius 2 is 0.891 bits per heavy atom. The Kier molecular flexibility index (Phi) is 15.5. The van der Waals surface area contributed by atoms with E-state index in [0.717, 1.165) is 35.6 Å². The van der Waals surface area contributed by atoms with Gasteiger partial charge in [0.1, 0.15) is 0 Å². The first-order valence-corrected chi connectivity index (χ1v) is 33.8. The summed E-state index contributed by atoms with van der Waals surface area (Å²) in [7, 11) is 0. The van der Waals surface area contributed by atoms with Gasteiger partial charge in [0.15, 0.2) is 0 Å². The number of benzene rings is 10. The molecule has 2 aliphatic heterocycles. The first-order valence-electron chi connectivity index (χ1n) is 33.8. The third kappa shape index (κ3) is 11.9. The lowest BCUT2D eigenvalue weighted by Crippen LogP contribution is -2.62. The molecule has 466 valence electrons. The third-order valence-electron chi connectivity index (χ3n) is 19.9. The zero-order valence-corrected chi connectivity index (χ0v) is 58.0. The van der Waals surface area contributed by atoms with Crippen LogP contribution in [0.5, 0.6) is 0 Å². The van der Waals surface area contributed by atoms with Crippen molar-refractivity contribution in [2.24, 2.45) is 5.41 Å². The number of hydrogen-bond acceptors (Lipinski definition) is 4. The molecule has 0 atom stereocenters. The summed E-state index contributed by atoms with van der Waals surface area (Å²) in [6.07, 6.45) is 2.08. The highest BCUT2D eigenvalue weighted by Gasteiger charge is 2.46. The van der Waals surface area contributed by atoms with E-state index < -0.39 is 0 Å². The number of rotatable bonds is 11. The molecule has 0 saturated carbocycles. The highest BCUT2D eigenvalue weighted by Crippen LogP contribution is 2.51. The second kappa shape index (κ2) is 22.9. The molecule has 3 aliphatic rings. The van der Waals surface area contributed by atoms with Crippen LogP contribution in [-0.4, -0.2) is 6.71 Å². The summed E-state index contributed by atoms with van der Waals surface area (Å²) >= 11 is 0. The van der Waals surface area contributed by atoms with E-state index in [1.807, 2.05) is 0 Å². The predicted molar refractivity (Wildman–Crippen MR) is 398 cm³/mol. The molecule has 0 bridgehead atoms. The number of fused-ring (bicyclic) bond motifs is 5. The second-order valence-electron chi connectivity index (χ2n) is 32.7. The van der Waals surface area contributed by atoms with E-state index in [9.17, 15) is 0 Å². The van der Waals surface area contributed by atoms with Crippen LogP contribution >= 0.6 is 0 Å². The molecule has 0 spiro atoms. The Labute approximate surface area is 552 Å². The van der Waals surface area contributed by atoms with E-state index in [-0.39, 0.29) is 39.2 Å². The van der Waals surface area contributed by atoms with E-state index >= 15 is 0 Å². The van der Waals surface area contributed by atoms with Gasteiger partial charge in [-0.25, -0.2) is 0 Å². The van der Waals surface area contributed by atoms with Gasteiger partial charge in [-0.1, -0.05) is 251 Å². The summed E-state index contributed by atoms with van der Waals surface area (Å²) in [5, 5.41) is 0. The average molecular weight is 1210 g/mol. The summed E-state index contributed by atoms with van der Waals surface area (Å²) in [5.74, 6) is 0. The highest BCUT2D eigenvalue weighted by molar-refractivity contribution is 7.00. The fraction of sp³-hybridized carbons (Fsp3) is 0.310. The largest absolute Gasteiger partial charge is 0.338 e. The Morgan fingerprint density at radius 3 is 1.43 bits per heavy atom. The van der Waals surface area contributed by atoms with Crippen molar-refractivity contribution in [3.8, 4) is 11.1 Å². The maximum atomic E-state index is 2.76. The molecule has 0 aromatic heterocycles. The molecule has 0 saturated heterocycles. The molecule has 0 fully saturated rings. The highest BCUT2D eigenvalue weighted by atomic mass is 15.2. The first-order chi connectivity index (χ1) is 43.5. The Bertz CT molecular complexity index is 4280. The third-order valence-corrected chi connectivity index (χ3v) is 19.9. The lowest BCUT2D eigenvalue weighted by Gasteiger charge is -2.46. The second-order valence-corrected chi connectivity index (χ2v) is 32.7. The quantitative estimate of drug-likeness (QED) is 0.120. The molecule has 0 N–H and O–H groups in total. The normalized spacial score (nSPS) is 14.4. The SMILES string of the molecule is CC1(C)Cc2cc3c(cc2C1)N(Cc1ccc(C(C)(C)C)cc1-c1ccccc1)c1cc(N(c2ccc(C(C)(C)C)cc2)c2ccc(C(C)(C)C)cc2)cc2c1B3c1cc(CN(c3ccccc3)c3ccccc3)c(C(C)(C)C)cc1N2c1cccc(C(C)(C)C)c1. The van der Waals surface area contributed by atoms with Gasteiger partial charge in [-0.3, -0.25) is 0 Å². The minimum absolute atomic E-state index is 0.0155. The van der Waals surface area contributed by atoms with Crippen LogP contribution in [0.2, 0.25) is 0 Å². The Morgan fingerprint density at radius 1 is 0.391 bits per heavy atom. The first kappa shape index (κ1) is 62.3. The van der Waals surface area contributed by atoms with Crippen LogP contribution in [0.3, 0.4) is 0 Å². The minimum atomic E-state index is -0.225. The van der Waals surface area contributed by atoms with Gasteiger partial charge in [0.2, 0.25) is 0 Å². The van der Waals surface area contributed by atoms with Crippen molar-refractivity contribution in [3.05, 3.63) is 268 Å². The molecule has 5 heteroatoms. The van der Waals surface area contributed by atoms with Crippen LogP contribution in [0.1, 0.15) is 168 Å². The van der Waals surface area contributed by atoms with Gasteiger partial charge in [0, 0.05) is 64.3 Å². The zero-order chi connectivity index (χ0) is 65.0. The van der Waals surface area contributed by atoms with Crippen molar-refractivity contribution in [2.75, 3.05) is 19.6 Å². The smallest absolute Gasteiger partial charge is 0.252 e. The molecule has 92 heavy (non-hydrogen) atoms. The molecule has 0 radical (unpaired) electrons. The number of hydrogen-bond donors (Lipinski definition) is 0. The van der Waals surface area contributed by atoms with Crippen molar-refractivity contribution in [1.82, 2.24) is 0 Å². The molecule has 0 amide bonds. The van der Waals surface area contributed by atoms with Crippen molar-refractivity contribution in [1.29, 1.82) is 0 Å². The monoisotopic (exact) mass is 1210 g/mol. The van der Waals surface area contributed by atoms with Crippen LogP contribution in [-0.2, 0) is 53.0 Å². The molecule has 2 heterocycles. The van der Waals surface area contributed by atoms with Crippen LogP contribution < -0.4 is 36.0 Å². The van der Waals surface area contributed by atoms with Gasteiger partial charge in [0.25, 0.3) is 6.71 Å². The summed E-state index contributed by atoms with van der Waals surface area (Å²) < 4.78 is 0. The fourth-order valence-corrected chi connectivity index (χ4v) is 14.9. The fourth-order valence-electron chi connectivity index (χ4n) is 14.9. The van der Waals surface area contributed by atoms with Gasteiger partial charge in [0.05, 0.1) is 5.69 Å². The lowest BCUT2D eigenvalue weighted by molar-refractivity contribution is 0.392. The molecule has 13 rings (SSSR count). The number of para-hydroxylation sites is 2. The van der Waals surface area contributed by atoms with E-state index in [4.69, 9.17) is 0 Å². The van der Waals surface area contributed by atoms with E-state index in [2.05, 4.69) is 356 Å². The maximum absolute atomic E-state index is 2.76. The molecule has 1 aliphatic carbocycles. The van der Waals surface area contributed by atoms with E-state index in [1.54, 1.807) is 0 Å². The standard InChI is InChI=1S/C87H95BN4/c1-82(2,3)63-38-42-69(43-39-63)91(70-44-40-64(41-45-70)83(4,5)6)72-51-79-81-80(52-72)92(71-35-27-30-65(49-71)84(7,8)9)78-53-74(86(13,14)15)62(57-89(67-31-23-19-24-32-67)68-33-25-20-26-34-68)47-76(78)88(81)75-46-60-54-87(16,17)55-61(60)48-77(75)90(79)56-59-36-37-66(85(10,11)12)50-73(59)58-28-21-18-22-29-58/h18-53H,54-57H2,1-17H3. The molecular weight excluding hydrogens is 1110 g/mol. The lowest BCUT2D eigenvalue weighted by atomic mass is 9.33. The average Bonchev–Trinajstić information content (AvgIpc) is 0.835. The minimum Gasteiger partial charge on any atom is -0.338 e. The van der Waals surface area contributed by atoms with Gasteiger partial charge in [-0.15, -0.1) is 0 Å². The molecule has 0 unspecified atom stereocenters. The summed E-state index contributed by atoms with van der Waals surface area (Å²) in [5.41, 5.74) is 30.3. The van der Waals surface area contributed by atoms with E-state index in [0.29, 0.717) is 13.1 Å². The van der Waals surface area contributed by atoms with Crippen molar-refractivity contribution >= 4 is 80.0 Å². The van der Waals surface area contributed by atoms with Crippen molar-refractivity contribution < 1.29 is 0 Å². The van der Waals surface area contributed by atoms with Crippen LogP contribution in [0, 0.1) is 5.41 Å². The maximum Gasteiger partial charge on any atom is 0.252 e. The van der Waals surface area contributed by atoms with Crippen molar-refractivity contribution in [3.63, 3.8) is 0 Å². The van der Waals surface area contributed by atoms with Crippen molar-refractivity contribution in [2.45, 2.75) is 171 Å². The molecule has 10 aromatic rings. The number of anilines is 10. The zero-order valence-electron chi connectivity index (χ0n) is 58.0. The van der Waals surface area contributed by atoms with Crippen LogP contribution in [0.15, 0.2) is 218 Å². The molecule has 4 nitrogen and oxygen atoms in total. The predicted octanol–water partition coefficient (Wildman–Crippen LogP) is 21.7. The Balaban J connectivity index is 1.16. The molecule has 10 aromatic carbocycles. The summed E-state index contributed by atoms with van der Waals surface area (Å²) in [6, 6.07) is 84.6.